The van der Waals surface area contributed by atoms with Crippen LogP contribution in [0.4, 0.5) is 0 Å². The van der Waals surface area contributed by atoms with Crippen LogP contribution in [0.15, 0.2) is 29.2 Å². The Morgan fingerprint density at radius 1 is 1.12 bits per heavy atom. The van der Waals surface area contributed by atoms with Crippen molar-refractivity contribution in [2.24, 2.45) is 5.41 Å². The minimum Gasteiger partial charge on any atom is -0.480 e. The second kappa shape index (κ2) is 7.81. The van der Waals surface area contributed by atoms with E-state index >= 15 is 0 Å². The standard InChI is InChI=1S/C20H27NO3S/c1-15(19(23)24)25-17-9-4-3-8-16(17)18(22)21-13-7-12-20(14-21)10-5-2-6-11-20/h3-4,8-9,15H,2,5-7,10-14H2,1H3,(H,23,24). The van der Waals surface area contributed by atoms with E-state index in [1.54, 1.807) is 6.92 Å². The van der Waals surface area contributed by atoms with Gasteiger partial charge < -0.3 is 10.0 Å². The van der Waals surface area contributed by atoms with E-state index in [4.69, 9.17) is 0 Å². The molecular weight excluding hydrogens is 334 g/mol. The van der Waals surface area contributed by atoms with Gasteiger partial charge in [0.2, 0.25) is 0 Å². The summed E-state index contributed by atoms with van der Waals surface area (Å²) in [6, 6.07) is 7.43. The summed E-state index contributed by atoms with van der Waals surface area (Å²) in [6.45, 7) is 3.33. The minimum absolute atomic E-state index is 0.0605. The van der Waals surface area contributed by atoms with Crippen molar-refractivity contribution in [3.63, 3.8) is 0 Å². The zero-order valence-electron chi connectivity index (χ0n) is 14.9. The summed E-state index contributed by atoms with van der Waals surface area (Å²) < 4.78 is 0. The maximum Gasteiger partial charge on any atom is 0.316 e. The second-order valence-electron chi connectivity index (χ2n) is 7.49. The fourth-order valence-electron chi connectivity index (χ4n) is 4.25. The Hall–Kier alpha value is -1.49. The van der Waals surface area contributed by atoms with E-state index < -0.39 is 11.2 Å². The molecular formula is C20H27NO3S. The summed E-state index contributed by atoms with van der Waals surface area (Å²) in [7, 11) is 0. The number of hydrogen-bond acceptors (Lipinski definition) is 3. The molecule has 4 nitrogen and oxygen atoms in total. The predicted octanol–water partition coefficient (Wildman–Crippen LogP) is 4.44. The van der Waals surface area contributed by atoms with Gasteiger partial charge in [0.25, 0.3) is 5.91 Å². The highest BCUT2D eigenvalue weighted by Gasteiger charge is 2.38. The number of amides is 1. The molecule has 0 aromatic heterocycles. The lowest BCUT2D eigenvalue weighted by atomic mass is 9.69. The van der Waals surface area contributed by atoms with Crippen LogP contribution in [0.25, 0.3) is 0 Å². The van der Waals surface area contributed by atoms with Gasteiger partial charge in [-0.2, -0.15) is 0 Å². The molecule has 1 atom stereocenters. The van der Waals surface area contributed by atoms with Gasteiger partial charge in [0, 0.05) is 18.0 Å². The fourth-order valence-corrected chi connectivity index (χ4v) is 5.17. The van der Waals surface area contributed by atoms with E-state index in [0.717, 1.165) is 24.4 Å². The first kappa shape index (κ1) is 18.3. The molecule has 1 saturated carbocycles. The first-order valence-corrected chi connectivity index (χ1v) is 10.2. The predicted molar refractivity (Wildman–Crippen MR) is 100 cm³/mol. The van der Waals surface area contributed by atoms with Gasteiger partial charge in [0.15, 0.2) is 0 Å². The van der Waals surface area contributed by atoms with Crippen molar-refractivity contribution in [1.29, 1.82) is 0 Å². The summed E-state index contributed by atoms with van der Waals surface area (Å²) in [6.07, 6.45) is 8.68. The number of rotatable bonds is 4. The summed E-state index contributed by atoms with van der Waals surface area (Å²) in [5, 5.41) is 8.60. The van der Waals surface area contributed by atoms with Crippen LogP contribution in [0.1, 0.15) is 62.2 Å². The van der Waals surface area contributed by atoms with E-state index in [-0.39, 0.29) is 5.91 Å². The number of nitrogens with zero attached hydrogens (tertiary/aromatic N) is 1. The monoisotopic (exact) mass is 361 g/mol. The van der Waals surface area contributed by atoms with E-state index in [1.807, 2.05) is 29.2 Å². The summed E-state index contributed by atoms with van der Waals surface area (Å²) >= 11 is 1.25. The van der Waals surface area contributed by atoms with Crippen LogP contribution in [0.3, 0.4) is 0 Å². The van der Waals surface area contributed by atoms with Crippen molar-refractivity contribution in [2.45, 2.75) is 62.0 Å². The fraction of sp³-hybridized carbons (Fsp3) is 0.600. The van der Waals surface area contributed by atoms with Crippen LogP contribution in [0.2, 0.25) is 0 Å². The quantitative estimate of drug-likeness (QED) is 0.806. The van der Waals surface area contributed by atoms with Gasteiger partial charge in [0.1, 0.15) is 5.25 Å². The first-order valence-electron chi connectivity index (χ1n) is 9.29. The second-order valence-corrected chi connectivity index (χ2v) is 8.87. The van der Waals surface area contributed by atoms with Crippen molar-refractivity contribution >= 4 is 23.6 Å². The maximum atomic E-state index is 13.2. The van der Waals surface area contributed by atoms with Crippen LogP contribution >= 0.6 is 11.8 Å². The Balaban J connectivity index is 1.77. The van der Waals surface area contributed by atoms with Crippen LogP contribution < -0.4 is 0 Å². The Kier molecular flexibility index (Phi) is 5.72. The highest BCUT2D eigenvalue weighted by Crippen LogP contribution is 2.43. The van der Waals surface area contributed by atoms with E-state index in [2.05, 4.69) is 0 Å². The summed E-state index contributed by atoms with van der Waals surface area (Å²) in [4.78, 5) is 27.1. The van der Waals surface area contributed by atoms with Gasteiger partial charge in [-0.05, 0) is 50.2 Å². The molecule has 1 aromatic carbocycles. The number of thioether (sulfide) groups is 1. The number of aliphatic carboxylic acids is 1. The van der Waals surface area contributed by atoms with Gasteiger partial charge in [0.05, 0.1) is 5.56 Å². The lowest BCUT2D eigenvalue weighted by molar-refractivity contribution is -0.136. The zero-order valence-corrected chi connectivity index (χ0v) is 15.7. The Bertz CT molecular complexity index is 634. The van der Waals surface area contributed by atoms with Crippen molar-refractivity contribution in [3.8, 4) is 0 Å². The number of benzene rings is 1. The molecule has 1 saturated heterocycles. The Morgan fingerprint density at radius 3 is 2.52 bits per heavy atom. The highest BCUT2D eigenvalue weighted by atomic mass is 32.2. The molecule has 2 aliphatic rings. The maximum absolute atomic E-state index is 13.2. The molecule has 136 valence electrons. The normalized spacial score (nSPS) is 21.1. The largest absolute Gasteiger partial charge is 0.480 e. The molecule has 5 heteroatoms. The molecule has 1 unspecified atom stereocenters. The number of carboxylic acid groups (broad SMARTS) is 1. The Morgan fingerprint density at radius 2 is 1.80 bits per heavy atom. The van der Waals surface area contributed by atoms with Gasteiger partial charge in [-0.3, -0.25) is 9.59 Å². The molecule has 0 radical (unpaired) electrons. The third kappa shape index (κ3) is 4.20. The SMILES string of the molecule is CC(Sc1ccccc1C(=O)N1CCCC2(CCCCC2)C1)C(=O)O. The average Bonchev–Trinajstić information content (AvgIpc) is 2.62. The molecule has 1 aromatic rings. The number of carboxylic acids is 1. The number of carbonyl (C=O) groups excluding carboxylic acids is 1. The smallest absolute Gasteiger partial charge is 0.316 e. The lowest BCUT2D eigenvalue weighted by Gasteiger charge is -2.45. The van der Waals surface area contributed by atoms with Crippen molar-refractivity contribution in [3.05, 3.63) is 29.8 Å². The van der Waals surface area contributed by atoms with Crippen LogP contribution in [0.5, 0.6) is 0 Å². The molecule has 1 heterocycles. The third-order valence-electron chi connectivity index (χ3n) is 5.63. The molecule has 1 aliphatic carbocycles. The molecule has 1 N–H and O–H groups in total. The molecule has 3 rings (SSSR count). The summed E-state index contributed by atoms with van der Waals surface area (Å²) in [5.41, 5.74) is 0.969. The van der Waals surface area contributed by atoms with Crippen molar-refractivity contribution < 1.29 is 14.7 Å². The average molecular weight is 362 g/mol. The first-order chi connectivity index (χ1) is 12.0. The molecule has 1 amide bonds. The van der Waals surface area contributed by atoms with Gasteiger partial charge in [-0.1, -0.05) is 31.4 Å². The van der Waals surface area contributed by atoms with Crippen LogP contribution in [-0.2, 0) is 4.79 Å². The van der Waals surface area contributed by atoms with Crippen molar-refractivity contribution in [2.75, 3.05) is 13.1 Å². The molecule has 1 aliphatic heterocycles. The summed E-state index contributed by atoms with van der Waals surface area (Å²) in [5.74, 6) is -0.795. The van der Waals surface area contributed by atoms with Gasteiger partial charge >= 0.3 is 5.97 Å². The van der Waals surface area contributed by atoms with Crippen LogP contribution in [0, 0.1) is 5.41 Å². The molecule has 25 heavy (non-hydrogen) atoms. The van der Waals surface area contributed by atoms with E-state index in [0.29, 0.717) is 11.0 Å². The lowest BCUT2D eigenvalue weighted by Crippen LogP contribution is -2.47. The number of carbonyl (C=O) groups is 2. The van der Waals surface area contributed by atoms with E-state index in [1.165, 1.54) is 50.3 Å². The number of piperidine rings is 1. The molecule has 2 fully saturated rings. The third-order valence-corrected chi connectivity index (χ3v) is 6.80. The highest BCUT2D eigenvalue weighted by molar-refractivity contribution is 8.00. The van der Waals surface area contributed by atoms with Crippen molar-refractivity contribution in [1.82, 2.24) is 4.90 Å². The number of likely N-dealkylation sites (tertiary alicyclic amines) is 1. The topological polar surface area (TPSA) is 57.6 Å². The zero-order chi connectivity index (χ0) is 17.9. The molecule has 0 bridgehead atoms. The van der Waals surface area contributed by atoms with E-state index in [9.17, 15) is 14.7 Å². The minimum atomic E-state index is -0.855. The Labute approximate surface area is 154 Å². The van der Waals surface area contributed by atoms with Gasteiger partial charge in [-0.15, -0.1) is 11.8 Å². The number of hydrogen-bond donors (Lipinski definition) is 1. The van der Waals surface area contributed by atoms with Gasteiger partial charge in [-0.25, -0.2) is 0 Å². The molecule has 1 spiro atoms. The van der Waals surface area contributed by atoms with Crippen LogP contribution in [-0.4, -0.2) is 40.2 Å².